The number of nitrogens with zero attached hydrogens (tertiary/aromatic N) is 1. The van der Waals surface area contributed by atoms with Crippen molar-refractivity contribution in [2.75, 3.05) is 0 Å². The van der Waals surface area contributed by atoms with Crippen molar-refractivity contribution in [3.63, 3.8) is 0 Å². The highest BCUT2D eigenvalue weighted by atomic mass is 127. The third kappa shape index (κ3) is 1.99. The predicted molar refractivity (Wildman–Crippen MR) is 61.2 cm³/mol. The van der Waals surface area contributed by atoms with E-state index in [0.29, 0.717) is 0 Å². The second kappa shape index (κ2) is 4.24. The number of halogens is 2. The molecule has 0 aromatic heterocycles. The first kappa shape index (κ1) is 10.0. The van der Waals surface area contributed by atoms with E-state index in [1.54, 1.807) is 0 Å². The van der Waals surface area contributed by atoms with E-state index >= 15 is 0 Å². The van der Waals surface area contributed by atoms with E-state index in [-0.39, 0.29) is 0 Å². The van der Waals surface area contributed by atoms with Gasteiger partial charge in [0.25, 0.3) is 0 Å². The van der Waals surface area contributed by atoms with Crippen LogP contribution in [0.2, 0.25) is 0 Å². The molecule has 0 saturated carbocycles. The highest BCUT2D eigenvalue weighted by Crippen LogP contribution is 2.21. The molecule has 0 radical (unpaired) electrons. The smallest absolute Gasteiger partial charge is 0.0991 e. The van der Waals surface area contributed by atoms with Gasteiger partial charge in [-0.25, -0.2) is 0 Å². The minimum Gasteiger partial charge on any atom is -0.192 e. The monoisotopic (exact) mass is 335 g/mol. The summed E-state index contributed by atoms with van der Waals surface area (Å²) in [6.07, 6.45) is 0. The van der Waals surface area contributed by atoms with E-state index in [2.05, 4.69) is 44.6 Å². The first-order valence-electron chi connectivity index (χ1n) is 3.44. The molecular formula is C9H7BrIN. The van der Waals surface area contributed by atoms with Crippen LogP contribution >= 0.6 is 38.5 Å². The molecule has 1 rings (SSSR count). The molecule has 1 aromatic rings. The van der Waals surface area contributed by atoms with Crippen LogP contribution in [0.4, 0.5) is 0 Å². The molecular weight excluding hydrogens is 329 g/mol. The number of alkyl halides is 1. The highest BCUT2D eigenvalue weighted by molar-refractivity contribution is 14.1. The van der Waals surface area contributed by atoms with E-state index in [1.807, 2.05) is 19.1 Å². The summed E-state index contributed by atoms with van der Waals surface area (Å²) < 4.78 is 1.24. The number of hydrogen-bond acceptors (Lipinski definition) is 1. The Balaban J connectivity index is 3.31. The lowest BCUT2D eigenvalue weighted by Crippen LogP contribution is -1.90. The van der Waals surface area contributed by atoms with Crippen LogP contribution in [0, 0.1) is 21.8 Å². The van der Waals surface area contributed by atoms with E-state index in [0.717, 1.165) is 10.9 Å². The van der Waals surface area contributed by atoms with Gasteiger partial charge in [0.05, 0.1) is 11.6 Å². The topological polar surface area (TPSA) is 23.8 Å². The van der Waals surface area contributed by atoms with Crippen LogP contribution in [0.3, 0.4) is 0 Å². The number of aryl methyl sites for hydroxylation is 1. The van der Waals surface area contributed by atoms with Gasteiger partial charge in [-0.3, -0.25) is 0 Å². The maximum Gasteiger partial charge on any atom is 0.0991 e. The lowest BCUT2D eigenvalue weighted by molar-refractivity contribution is 1.30. The SMILES string of the molecule is Cc1cc(C#N)cc(CBr)c1I. The largest absolute Gasteiger partial charge is 0.192 e. The average Bonchev–Trinajstić information content (AvgIpc) is 2.09. The Bertz CT molecular complexity index is 341. The van der Waals surface area contributed by atoms with Gasteiger partial charge in [0.2, 0.25) is 0 Å². The van der Waals surface area contributed by atoms with Crippen molar-refractivity contribution in [2.45, 2.75) is 12.3 Å². The van der Waals surface area contributed by atoms with Crippen LogP contribution in [-0.4, -0.2) is 0 Å². The van der Waals surface area contributed by atoms with E-state index in [4.69, 9.17) is 5.26 Å². The molecule has 3 heteroatoms. The molecule has 0 aliphatic carbocycles. The van der Waals surface area contributed by atoms with Gasteiger partial charge in [0.15, 0.2) is 0 Å². The van der Waals surface area contributed by atoms with Crippen molar-refractivity contribution in [3.8, 4) is 6.07 Å². The van der Waals surface area contributed by atoms with Gasteiger partial charge in [-0.1, -0.05) is 15.9 Å². The molecule has 0 N–H and O–H groups in total. The molecule has 0 spiro atoms. The predicted octanol–water partition coefficient (Wildman–Crippen LogP) is 3.37. The van der Waals surface area contributed by atoms with Gasteiger partial charge >= 0.3 is 0 Å². The summed E-state index contributed by atoms with van der Waals surface area (Å²) in [5.74, 6) is 0. The maximum absolute atomic E-state index is 8.71. The first-order chi connectivity index (χ1) is 5.69. The summed E-state index contributed by atoms with van der Waals surface area (Å²) in [6, 6.07) is 5.98. The zero-order valence-electron chi connectivity index (χ0n) is 6.56. The Morgan fingerprint density at radius 3 is 2.75 bits per heavy atom. The third-order valence-corrected chi connectivity index (χ3v) is 3.75. The standard InChI is InChI=1S/C9H7BrIN/c1-6-2-7(5-12)3-8(4-10)9(6)11/h2-3H,4H2,1H3. The summed E-state index contributed by atoms with van der Waals surface area (Å²) in [5, 5.41) is 9.51. The third-order valence-electron chi connectivity index (χ3n) is 1.60. The van der Waals surface area contributed by atoms with Gasteiger partial charge < -0.3 is 0 Å². The van der Waals surface area contributed by atoms with Crippen molar-refractivity contribution < 1.29 is 0 Å². The molecule has 0 aliphatic rings. The van der Waals surface area contributed by atoms with E-state index < -0.39 is 0 Å². The van der Waals surface area contributed by atoms with Gasteiger partial charge in [0.1, 0.15) is 0 Å². The van der Waals surface area contributed by atoms with Crippen molar-refractivity contribution in [1.29, 1.82) is 5.26 Å². The van der Waals surface area contributed by atoms with Crippen molar-refractivity contribution >= 4 is 38.5 Å². The molecule has 62 valence electrons. The Kier molecular flexibility index (Phi) is 3.53. The molecule has 0 bridgehead atoms. The molecule has 0 saturated heterocycles. The van der Waals surface area contributed by atoms with E-state index in [9.17, 15) is 0 Å². The molecule has 0 aliphatic heterocycles. The Morgan fingerprint density at radius 1 is 1.58 bits per heavy atom. The first-order valence-corrected chi connectivity index (χ1v) is 5.64. The maximum atomic E-state index is 8.71. The molecule has 0 heterocycles. The van der Waals surface area contributed by atoms with Crippen LogP contribution in [0.1, 0.15) is 16.7 Å². The molecule has 12 heavy (non-hydrogen) atoms. The molecule has 0 fully saturated rings. The van der Waals surface area contributed by atoms with Crippen LogP contribution in [0.15, 0.2) is 12.1 Å². The molecule has 0 atom stereocenters. The fourth-order valence-electron chi connectivity index (χ4n) is 1.00. The molecule has 1 nitrogen and oxygen atoms in total. The fourth-order valence-corrected chi connectivity index (χ4v) is 2.47. The van der Waals surface area contributed by atoms with Gasteiger partial charge in [0, 0.05) is 8.90 Å². The lowest BCUT2D eigenvalue weighted by atomic mass is 10.1. The zero-order chi connectivity index (χ0) is 9.14. The molecule has 1 aromatic carbocycles. The van der Waals surface area contributed by atoms with Crippen LogP contribution < -0.4 is 0 Å². The molecule has 0 amide bonds. The highest BCUT2D eigenvalue weighted by Gasteiger charge is 2.03. The second-order valence-electron chi connectivity index (χ2n) is 2.51. The van der Waals surface area contributed by atoms with Crippen LogP contribution in [0.5, 0.6) is 0 Å². The average molecular weight is 336 g/mol. The van der Waals surface area contributed by atoms with Crippen molar-refractivity contribution in [3.05, 3.63) is 32.4 Å². The quantitative estimate of drug-likeness (QED) is 0.570. The molecule has 0 unspecified atom stereocenters. The summed E-state index contributed by atoms with van der Waals surface area (Å²) in [5.41, 5.74) is 3.10. The lowest BCUT2D eigenvalue weighted by Gasteiger charge is -2.04. The van der Waals surface area contributed by atoms with Crippen LogP contribution in [0.25, 0.3) is 0 Å². The summed E-state index contributed by atoms with van der Waals surface area (Å²) in [4.78, 5) is 0. The number of rotatable bonds is 1. The van der Waals surface area contributed by atoms with E-state index in [1.165, 1.54) is 14.7 Å². The zero-order valence-corrected chi connectivity index (χ0v) is 10.3. The number of nitriles is 1. The van der Waals surface area contributed by atoms with Crippen molar-refractivity contribution in [1.82, 2.24) is 0 Å². The Hall–Kier alpha value is -0.0800. The number of hydrogen-bond donors (Lipinski definition) is 0. The van der Waals surface area contributed by atoms with Crippen LogP contribution in [-0.2, 0) is 5.33 Å². The summed E-state index contributed by atoms with van der Waals surface area (Å²) >= 11 is 5.69. The normalized spacial score (nSPS) is 9.50. The summed E-state index contributed by atoms with van der Waals surface area (Å²) in [6.45, 7) is 2.02. The van der Waals surface area contributed by atoms with Gasteiger partial charge in [-0.2, -0.15) is 5.26 Å². The van der Waals surface area contributed by atoms with Gasteiger partial charge in [-0.15, -0.1) is 0 Å². The number of benzene rings is 1. The fraction of sp³-hybridized carbons (Fsp3) is 0.222. The summed E-state index contributed by atoms with van der Waals surface area (Å²) in [7, 11) is 0. The van der Waals surface area contributed by atoms with Crippen molar-refractivity contribution in [2.24, 2.45) is 0 Å². The second-order valence-corrected chi connectivity index (χ2v) is 4.15. The Morgan fingerprint density at radius 2 is 2.25 bits per heavy atom. The minimum absolute atomic E-state index is 0.738. The Labute approximate surface area is 94.0 Å². The van der Waals surface area contributed by atoms with Gasteiger partial charge in [-0.05, 0) is 52.8 Å². The minimum atomic E-state index is 0.738.